The Morgan fingerprint density at radius 2 is 2.00 bits per heavy atom. The minimum absolute atomic E-state index is 0.0595. The van der Waals surface area contributed by atoms with Crippen molar-refractivity contribution in [3.05, 3.63) is 39.4 Å². The molecule has 1 aliphatic carbocycles. The fraction of sp³-hybridized carbons (Fsp3) is 0.417. The van der Waals surface area contributed by atoms with E-state index in [1.807, 2.05) is 13.8 Å². The molecule has 4 heteroatoms. The van der Waals surface area contributed by atoms with Gasteiger partial charge in [-0.15, -0.1) is 0 Å². The monoisotopic (exact) mass is 219 g/mol. The van der Waals surface area contributed by atoms with Crippen molar-refractivity contribution in [3.63, 3.8) is 0 Å². The van der Waals surface area contributed by atoms with Crippen molar-refractivity contribution in [2.24, 2.45) is 5.41 Å². The molecule has 0 heterocycles. The predicted molar refractivity (Wildman–Crippen MR) is 59.5 cm³/mol. The summed E-state index contributed by atoms with van der Waals surface area (Å²) in [5.41, 5.74) is 1.41. The number of hydrogen-bond acceptors (Lipinski definition) is 3. The van der Waals surface area contributed by atoms with Crippen LogP contribution >= 0.6 is 0 Å². The average molecular weight is 219 g/mol. The van der Waals surface area contributed by atoms with Crippen LogP contribution in [0.1, 0.15) is 36.2 Å². The molecule has 0 bridgehead atoms. The van der Waals surface area contributed by atoms with Gasteiger partial charge in [-0.3, -0.25) is 14.9 Å². The summed E-state index contributed by atoms with van der Waals surface area (Å²) in [5, 5.41) is 10.7. The molecule has 1 aromatic carbocycles. The molecule has 0 fully saturated rings. The van der Waals surface area contributed by atoms with Crippen LogP contribution in [0.3, 0.4) is 0 Å². The van der Waals surface area contributed by atoms with Crippen molar-refractivity contribution >= 4 is 11.5 Å². The van der Waals surface area contributed by atoms with Crippen LogP contribution in [0.4, 0.5) is 5.69 Å². The Hall–Kier alpha value is -1.71. The molecule has 84 valence electrons. The number of carbonyl (C=O) groups is 1. The van der Waals surface area contributed by atoms with Crippen LogP contribution in [0.25, 0.3) is 0 Å². The molecule has 1 aromatic rings. The van der Waals surface area contributed by atoms with E-state index >= 15 is 0 Å². The third kappa shape index (κ3) is 1.83. The molecule has 0 saturated carbocycles. The summed E-state index contributed by atoms with van der Waals surface area (Å²) in [6, 6.07) is 4.49. The van der Waals surface area contributed by atoms with Crippen LogP contribution in [0.5, 0.6) is 0 Å². The maximum atomic E-state index is 11.8. The van der Waals surface area contributed by atoms with Crippen molar-refractivity contribution in [2.45, 2.75) is 26.7 Å². The maximum Gasteiger partial charge on any atom is 0.269 e. The van der Waals surface area contributed by atoms with E-state index in [4.69, 9.17) is 0 Å². The SMILES string of the molecule is CC1(C)CC(=O)c2ccc([N+](=O)[O-])cc2C1. The lowest BCUT2D eigenvalue weighted by atomic mass is 9.74. The summed E-state index contributed by atoms with van der Waals surface area (Å²) >= 11 is 0. The number of carbonyl (C=O) groups excluding carboxylic acids is 1. The molecule has 0 unspecified atom stereocenters. The van der Waals surface area contributed by atoms with E-state index in [-0.39, 0.29) is 16.9 Å². The summed E-state index contributed by atoms with van der Waals surface area (Å²) in [6.07, 6.45) is 1.23. The smallest absolute Gasteiger partial charge is 0.269 e. The number of nitro benzene ring substituents is 1. The topological polar surface area (TPSA) is 60.2 Å². The summed E-state index contributed by atoms with van der Waals surface area (Å²) in [5.74, 6) is 0.0844. The number of non-ortho nitro benzene ring substituents is 1. The molecule has 1 aliphatic rings. The van der Waals surface area contributed by atoms with Crippen molar-refractivity contribution < 1.29 is 9.72 Å². The summed E-state index contributed by atoms with van der Waals surface area (Å²) in [6.45, 7) is 4.01. The summed E-state index contributed by atoms with van der Waals surface area (Å²) in [4.78, 5) is 22.0. The van der Waals surface area contributed by atoms with Gasteiger partial charge in [-0.2, -0.15) is 0 Å². The number of benzene rings is 1. The lowest BCUT2D eigenvalue weighted by Gasteiger charge is -2.29. The molecule has 0 atom stereocenters. The van der Waals surface area contributed by atoms with Gasteiger partial charge in [-0.25, -0.2) is 0 Å². The highest BCUT2D eigenvalue weighted by Gasteiger charge is 2.31. The number of rotatable bonds is 1. The zero-order valence-corrected chi connectivity index (χ0v) is 9.32. The van der Waals surface area contributed by atoms with E-state index in [0.717, 1.165) is 12.0 Å². The molecular weight excluding hydrogens is 206 g/mol. The number of nitrogens with zero attached hydrogens (tertiary/aromatic N) is 1. The highest BCUT2D eigenvalue weighted by atomic mass is 16.6. The lowest BCUT2D eigenvalue weighted by Crippen LogP contribution is -2.26. The molecule has 4 nitrogen and oxygen atoms in total. The molecule has 0 spiro atoms. The molecule has 0 saturated heterocycles. The van der Waals surface area contributed by atoms with Gasteiger partial charge < -0.3 is 0 Å². The molecule has 0 aliphatic heterocycles. The Bertz CT molecular complexity index is 477. The van der Waals surface area contributed by atoms with E-state index in [9.17, 15) is 14.9 Å². The van der Waals surface area contributed by atoms with E-state index < -0.39 is 4.92 Å². The van der Waals surface area contributed by atoms with E-state index in [1.54, 1.807) is 6.07 Å². The van der Waals surface area contributed by atoms with Gasteiger partial charge in [0.15, 0.2) is 5.78 Å². The third-order valence-corrected chi connectivity index (χ3v) is 2.91. The van der Waals surface area contributed by atoms with Gasteiger partial charge in [0, 0.05) is 24.1 Å². The fourth-order valence-corrected chi connectivity index (χ4v) is 2.22. The van der Waals surface area contributed by atoms with Crippen LogP contribution in [0.2, 0.25) is 0 Å². The Balaban J connectivity index is 2.50. The van der Waals surface area contributed by atoms with Crippen LogP contribution in [-0.4, -0.2) is 10.7 Å². The molecule has 0 radical (unpaired) electrons. The molecule has 16 heavy (non-hydrogen) atoms. The zero-order chi connectivity index (χ0) is 11.9. The second-order valence-electron chi connectivity index (χ2n) is 5.04. The van der Waals surface area contributed by atoms with Crippen LogP contribution in [0.15, 0.2) is 18.2 Å². The number of Topliss-reactive ketones (excluding diaryl/α,β-unsaturated/α-hetero) is 1. The molecule has 0 N–H and O–H groups in total. The number of nitro groups is 1. The van der Waals surface area contributed by atoms with Crippen molar-refractivity contribution in [1.82, 2.24) is 0 Å². The largest absolute Gasteiger partial charge is 0.294 e. The quantitative estimate of drug-likeness (QED) is 0.539. The average Bonchev–Trinajstić information content (AvgIpc) is 2.14. The first-order chi connectivity index (χ1) is 7.39. The van der Waals surface area contributed by atoms with Crippen molar-refractivity contribution in [1.29, 1.82) is 0 Å². The second-order valence-corrected chi connectivity index (χ2v) is 5.04. The van der Waals surface area contributed by atoms with Crippen LogP contribution < -0.4 is 0 Å². The first-order valence-corrected chi connectivity index (χ1v) is 5.20. The van der Waals surface area contributed by atoms with Crippen LogP contribution in [-0.2, 0) is 6.42 Å². The fourth-order valence-electron chi connectivity index (χ4n) is 2.22. The predicted octanol–water partition coefficient (Wildman–Crippen LogP) is 2.75. The highest BCUT2D eigenvalue weighted by molar-refractivity contribution is 5.99. The van der Waals surface area contributed by atoms with Crippen molar-refractivity contribution in [3.8, 4) is 0 Å². The molecule has 0 amide bonds. The summed E-state index contributed by atoms with van der Waals surface area (Å²) < 4.78 is 0. The Labute approximate surface area is 93.4 Å². The molecular formula is C12H13NO3. The number of fused-ring (bicyclic) bond motifs is 1. The van der Waals surface area contributed by atoms with E-state index in [1.165, 1.54) is 12.1 Å². The second kappa shape index (κ2) is 3.40. The highest BCUT2D eigenvalue weighted by Crippen LogP contribution is 2.35. The zero-order valence-electron chi connectivity index (χ0n) is 9.32. The van der Waals surface area contributed by atoms with Gasteiger partial charge in [0.25, 0.3) is 5.69 Å². The first-order valence-electron chi connectivity index (χ1n) is 5.20. The van der Waals surface area contributed by atoms with Gasteiger partial charge in [-0.1, -0.05) is 13.8 Å². The van der Waals surface area contributed by atoms with Gasteiger partial charge in [0.05, 0.1) is 4.92 Å². The maximum absolute atomic E-state index is 11.8. The Kier molecular flexibility index (Phi) is 2.30. The number of ketones is 1. The standard InChI is InChI=1S/C12H13NO3/c1-12(2)6-8-5-9(13(15)16)3-4-10(8)11(14)7-12/h3-5H,6-7H2,1-2H3. The van der Waals surface area contributed by atoms with Gasteiger partial charge in [-0.05, 0) is 23.5 Å². The third-order valence-electron chi connectivity index (χ3n) is 2.91. The van der Waals surface area contributed by atoms with Gasteiger partial charge in [0.2, 0.25) is 0 Å². The molecule has 2 rings (SSSR count). The van der Waals surface area contributed by atoms with Gasteiger partial charge >= 0.3 is 0 Å². The normalized spacial score (nSPS) is 18.0. The lowest BCUT2D eigenvalue weighted by molar-refractivity contribution is -0.384. The van der Waals surface area contributed by atoms with Gasteiger partial charge in [0.1, 0.15) is 0 Å². The minimum Gasteiger partial charge on any atom is -0.294 e. The molecule has 0 aromatic heterocycles. The number of hydrogen-bond donors (Lipinski definition) is 0. The Morgan fingerprint density at radius 3 is 2.62 bits per heavy atom. The first kappa shape index (κ1) is 10.8. The van der Waals surface area contributed by atoms with Crippen LogP contribution in [0, 0.1) is 15.5 Å². The van der Waals surface area contributed by atoms with E-state index in [0.29, 0.717) is 12.0 Å². The Morgan fingerprint density at radius 1 is 1.31 bits per heavy atom. The van der Waals surface area contributed by atoms with E-state index in [2.05, 4.69) is 0 Å². The van der Waals surface area contributed by atoms with Crippen molar-refractivity contribution in [2.75, 3.05) is 0 Å². The summed E-state index contributed by atoms with van der Waals surface area (Å²) in [7, 11) is 0. The minimum atomic E-state index is -0.424.